The van der Waals surface area contributed by atoms with Gasteiger partial charge in [-0.1, -0.05) is 35.5 Å². The van der Waals surface area contributed by atoms with Crippen LogP contribution in [0.5, 0.6) is 0 Å². The van der Waals surface area contributed by atoms with Gasteiger partial charge in [0, 0.05) is 17.3 Å². The number of aromatic nitrogens is 2. The van der Waals surface area contributed by atoms with Gasteiger partial charge in [-0.25, -0.2) is 4.98 Å². The van der Waals surface area contributed by atoms with Crippen molar-refractivity contribution in [1.82, 2.24) is 14.9 Å². The van der Waals surface area contributed by atoms with Crippen molar-refractivity contribution < 1.29 is 27.9 Å². The van der Waals surface area contributed by atoms with Gasteiger partial charge in [-0.2, -0.15) is 13.2 Å². The average molecular weight is 513 g/mol. The van der Waals surface area contributed by atoms with Gasteiger partial charge in [-0.05, 0) is 42.0 Å². The fraction of sp³-hybridized carbons (Fsp3) is 0.227. The number of anilines is 1. The minimum atomic E-state index is -4.46. The van der Waals surface area contributed by atoms with Crippen LogP contribution in [0.3, 0.4) is 0 Å². The van der Waals surface area contributed by atoms with E-state index in [1.807, 2.05) is 0 Å². The van der Waals surface area contributed by atoms with E-state index in [1.165, 1.54) is 22.9 Å². The Labute approximate surface area is 202 Å². The van der Waals surface area contributed by atoms with Gasteiger partial charge in [0.05, 0.1) is 29.8 Å². The molecule has 0 bridgehead atoms. The van der Waals surface area contributed by atoms with Gasteiger partial charge in [0.25, 0.3) is 0 Å². The molecule has 1 heterocycles. The van der Waals surface area contributed by atoms with Crippen molar-refractivity contribution in [1.29, 1.82) is 0 Å². The number of amides is 2. The summed E-state index contributed by atoms with van der Waals surface area (Å²) in [5, 5.41) is 15.8. The minimum absolute atomic E-state index is 0.102. The SMILES string of the molecule is O=C(Cn1c(CO)cnc1SCC(=O)Nc1ccc(C(F)(F)F)cc1)NCc1ccc(Cl)cc1. The Kier molecular flexibility index (Phi) is 8.59. The maximum absolute atomic E-state index is 12.6. The molecule has 0 unspecified atom stereocenters. The number of carbonyl (C=O) groups is 2. The lowest BCUT2D eigenvalue weighted by molar-refractivity contribution is -0.137. The monoisotopic (exact) mass is 512 g/mol. The summed E-state index contributed by atoms with van der Waals surface area (Å²) in [7, 11) is 0. The number of nitrogens with zero attached hydrogens (tertiary/aromatic N) is 2. The molecule has 2 amide bonds. The lowest BCUT2D eigenvalue weighted by Gasteiger charge is -2.12. The average Bonchev–Trinajstić information content (AvgIpc) is 3.18. The molecule has 2 aromatic carbocycles. The third-order valence-corrected chi connectivity index (χ3v) is 5.84. The number of aliphatic hydroxyl groups excluding tert-OH is 1. The van der Waals surface area contributed by atoms with Crippen molar-refractivity contribution in [2.45, 2.75) is 31.0 Å². The van der Waals surface area contributed by atoms with Crippen LogP contribution >= 0.6 is 23.4 Å². The minimum Gasteiger partial charge on any atom is -0.390 e. The molecule has 180 valence electrons. The number of rotatable bonds is 9. The van der Waals surface area contributed by atoms with E-state index < -0.39 is 17.6 Å². The molecule has 12 heteroatoms. The van der Waals surface area contributed by atoms with E-state index in [0.29, 0.717) is 15.9 Å². The number of thioether (sulfide) groups is 1. The summed E-state index contributed by atoms with van der Waals surface area (Å²) in [5.41, 5.74) is 0.667. The molecule has 3 aromatic rings. The number of carbonyl (C=O) groups excluding carboxylic acids is 2. The number of benzene rings is 2. The Bertz CT molecular complexity index is 1140. The van der Waals surface area contributed by atoms with Crippen LogP contribution in [-0.4, -0.2) is 32.2 Å². The molecule has 0 aliphatic carbocycles. The molecule has 0 saturated carbocycles. The Balaban J connectivity index is 1.55. The highest BCUT2D eigenvalue weighted by Crippen LogP contribution is 2.30. The first kappa shape index (κ1) is 25.6. The fourth-order valence-corrected chi connectivity index (χ4v) is 3.80. The summed E-state index contributed by atoms with van der Waals surface area (Å²) >= 11 is 6.88. The zero-order valence-corrected chi connectivity index (χ0v) is 19.2. The van der Waals surface area contributed by atoms with E-state index in [2.05, 4.69) is 15.6 Å². The number of hydrogen-bond acceptors (Lipinski definition) is 5. The third-order valence-electron chi connectivity index (χ3n) is 4.60. The largest absolute Gasteiger partial charge is 0.416 e. The topological polar surface area (TPSA) is 96.2 Å². The van der Waals surface area contributed by atoms with Crippen molar-refractivity contribution in [3.05, 3.63) is 76.6 Å². The van der Waals surface area contributed by atoms with Crippen molar-refractivity contribution in [2.24, 2.45) is 0 Å². The number of imidazole rings is 1. The summed E-state index contributed by atoms with van der Waals surface area (Å²) in [6.07, 6.45) is -3.05. The van der Waals surface area contributed by atoms with Crippen LogP contribution in [0.25, 0.3) is 0 Å². The number of nitrogens with one attached hydrogen (secondary N) is 2. The second-order valence-electron chi connectivity index (χ2n) is 7.09. The molecule has 0 spiro atoms. The molecular formula is C22H20ClF3N4O3S. The number of hydrogen-bond donors (Lipinski definition) is 3. The molecule has 0 radical (unpaired) electrons. The van der Waals surface area contributed by atoms with Gasteiger partial charge in [0.15, 0.2) is 5.16 Å². The van der Waals surface area contributed by atoms with Gasteiger partial charge < -0.3 is 20.3 Å². The summed E-state index contributed by atoms with van der Waals surface area (Å²) in [6.45, 7) is -0.181. The van der Waals surface area contributed by atoms with Gasteiger partial charge in [-0.3, -0.25) is 9.59 Å². The molecule has 0 saturated heterocycles. The predicted molar refractivity (Wildman–Crippen MR) is 122 cm³/mol. The quantitative estimate of drug-likeness (QED) is 0.375. The second kappa shape index (κ2) is 11.4. The molecular weight excluding hydrogens is 493 g/mol. The van der Waals surface area contributed by atoms with Gasteiger partial charge >= 0.3 is 6.18 Å². The Hall–Kier alpha value is -3.02. The third kappa shape index (κ3) is 7.24. The highest BCUT2D eigenvalue weighted by molar-refractivity contribution is 7.99. The van der Waals surface area contributed by atoms with Crippen molar-refractivity contribution in [2.75, 3.05) is 11.1 Å². The summed E-state index contributed by atoms with van der Waals surface area (Å²) < 4.78 is 39.4. The Morgan fingerprint density at radius 3 is 2.35 bits per heavy atom. The normalized spacial score (nSPS) is 11.3. The first-order valence-corrected chi connectivity index (χ1v) is 11.3. The lowest BCUT2D eigenvalue weighted by atomic mass is 10.2. The van der Waals surface area contributed by atoms with Gasteiger partial charge in [0.1, 0.15) is 6.54 Å². The molecule has 0 fully saturated rings. The van der Waals surface area contributed by atoms with Crippen molar-refractivity contribution in [3.63, 3.8) is 0 Å². The molecule has 7 nitrogen and oxygen atoms in total. The lowest BCUT2D eigenvalue weighted by Crippen LogP contribution is -2.28. The van der Waals surface area contributed by atoms with Crippen molar-refractivity contribution >= 4 is 40.9 Å². The zero-order chi connectivity index (χ0) is 24.7. The van der Waals surface area contributed by atoms with Crippen LogP contribution in [0, 0.1) is 0 Å². The first-order chi connectivity index (χ1) is 16.2. The van der Waals surface area contributed by atoms with E-state index in [-0.39, 0.29) is 37.0 Å². The number of alkyl halides is 3. The zero-order valence-electron chi connectivity index (χ0n) is 17.6. The van der Waals surface area contributed by atoms with E-state index in [4.69, 9.17) is 11.6 Å². The maximum atomic E-state index is 12.6. The standard InChI is InChI=1S/C22H20ClF3N4O3S/c23-16-5-1-14(2-6-16)9-27-19(32)11-30-18(12-31)10-28-21(30)34-13-20(33)29-17-7-3-15(4-8-17)22(24,25)26/h1-8,10,31H,9,11-13H2,(H,27,32)(H,29,33). The molecule has 0 atom stereocenters. The summed E-state index contributed by atoms with van der Waals surface area (Å²) in [4.78, 5) is 28.8. The fourth-order valence-electron chi connectivity index (χ4n) is 2.87. The molecule has 34 heavy (non-hydrogen) atoms. The number of halogens is 4. The predicted octanol–water partition coefficient (Wildman–Crippen LogP) is 4.09. The second-order valence-corrected chi connectivity index (χ2v) is 8.47. The summed E-state index contributed by atoms with van der Waals surface area (Å²) in [6, 6.07) is 11.1. The molecule has 1 aromatic heterocycles. The Morgan fingerprint density at radius 2 is 1.74 bits per heavy atom. The van der Waals surface area contributed by atoms with Crippen LogP contribution < -0.4 is 10.6 Å². The van der Waals surface area contributed by atoms with Gasteiger partial charge in [-0.15, -0.1) is 0 Å². The smallest absolute Gasteiger partial charge is 0.390 e. The molecule has 0 aliphatic rings. The Morgan fingerprint density at radius 1 is 1.06 bits per heavy atom. The summed E-state index contributed by atoms with van der Waals surface area (Å²) in [5.74, 6) is -0.884. The first-order valence-electron chi connectivity index (χ1n) is 9.92. The molecule has 3 rings (SSSR count). The van der Waals surface area contributed by atoms with Gasteiger partial charge in [0.2, 0.25) is 11.8 Å². The van der Waals surface area contributed by atoms with Crippen LogP contribution in [0.2, 0.25) is 5.02 Å². The van der Waals surface area contributed by atoms with E-state index in [0.717, 1.165) is 29.5 Å². The highest BCUT2D eigenvalue weighted by Gasteiger charge is 2.30. The van der Waals surface area contributed by atoms with E-state index in [1.54, 1.807) is 24.3 Å². The number of aliphatic hydroxyl groups is 1. The van der Waals surface area contributed by atoms with Crippen LogP contribution in [0.4, 0.5) is 18.9 Å². The van der Waals surface area contributed by atoms with Crippen LogP contribution in [0.15, 0.2) is 59.9 Å². The maximum Gasteiger partial charge on any atom is 0.416 e. The van der Waals surface area contributed by atoms with E-state index >= 15 is 0 Å². The van der Waals surface area contributed by atoms with E-state index in [9.17, 15) is 27.9 Å². The van der Waals surface area contributed by atoms with Crippen molar-refractivity contribution in [3.8, 4) is 0 Å². The van der Waals surface area contributed by atoms with Crippen LogP contribution in [0.1, 0.15) is 16.8 Å². The molecule has 3 N–H and O–H groups in total. The van der Waals surface area contributed by atoms with Crippen LogP contribution in [-0.2, 0) is 35.5 Å². The highest BCUT2D eigenvalue weighted by atomic mass is 35.5. The molecule has 0 aliphatic heterocycles.